The van der Waals surface area contributed by atoms with Crippen molar-refractivity contribution < 1.29 is 4.39 Å². The van der Waals surface area contributed by atoms with Crippen molar-refractivity contribution in [2.75, 3.05) is 20.1 Å². The van der Waals surface area contributed by atoms with Crippen molar-refractivity contribution in [2.24, 2.45) is 11.3 Å². The van der Waals surface area contributed by atoms with Gasteiger partial charge in [0, 0.05) is 19.5 Å². The summed E-state index contributed by atoms with van der Waals surface area (Å²) in [7, 11) is 2.20. The molecule has 1 aromatic heterocycles. The van der Waals surface area contributed by atoms with E-state index in [2.05, 4.69) is 21.9 Å². The Morgan fingerprint density at radius 3 is 3.00 bits per heavy atom. The lowest BCUT2D eigenvalue weighted by Gasteiger charge is -2.28. The quantitative estimate of drug-likeness (QED) is 0.914. The molecule has 4 heteroatoms. The maximum atomic E-state index is 13.2. The largest absolute Gasteiger partial charge is 0.342 e. The fourth-order valence-electron chi connectivity index (χ4n) is 3.85. The molecule has 1 N–H and O–H groups in total. The summed E-state index contributed by atoms with van der Waals surface area (Å²) >= 11 is 0. The number of aromatic nitrogens is 2. The number of benzene rings is 1. The summed E-state index contributed by atoms with van der Waals surface area (Å²) in [6.45, 7) is 2.23. The molecule has 0 radical (unpaired) electrons. The molecule has 1 heterocycles. The third-order valence-electron chi connectivity index (χ3n) is 5.46. The molecule has 2 saturated carbocycles. The molecule has 1 aromatic carbocycles. The summed E-state index contributed by atoms with van der Waals surface area (Å²) < 4.78 is 13.2. The highest BCUT2D eigenvalue weighted by atomic mass is 19.1. The molecule has 0 saturated heterocycles. The van der Waals surface area contributed by atoms with Crippen LogP contribution in [0.5, 0.6) is 0 Å². The Hall–Kier alpha value is -1.42. The summed E-state index contributed by atoms with van der Waals surface area (Å²) in [4.78, 5) is 10.2. The number of nitrogens with one attached hydrogen (secondary N) is 1. The first-order valence-corrected chi connectivity index (χ1v) is 7.97. The number of aromatic amines is 1. The summed E-state index contributed by atoms with van der Waals surface area (Å²) in [5, 5.41) is 0. The van der Waals surface area contributed by atoms with E-state index in [1.807, 2.05) is 0 Å². The lowest BCUT2D eigenvalue weighted by atomic mass is 9.80. The smallest absolute Gasteiger partial charge is 0.125 e. The Morgan fingerprint density at radius 2 is 2.29 bits per heavy atom. The van der Waals surface area contributed by atoms with Crippen LogP contribution in [0.4, 0.5) is 4.39 Å². The number of hydrogen-bond acceptors (Lipinski definition) is 2. The molecule has 0 aliphatic heterocycles. The molecule has 1 spiro atoms. The van der Waals surface area contributed by atoms with Crippen molar-refractivity contribution in [1.82, 2.24) is 14.9 Å². The average molecular weight is 287 g/mol. The number of hydrogen-bond donors (Lipinski definition) is 1. The van der Waals surface area contributed by atoms with Gasteiger partial charge in [-0.25, -0.2) is 9.37 Å². The second-order valence-electron chi connectivity index (χ2n) is 6.97. The number of likely N-dealkylation sites (N-methyl/N-ethyl adjacent to an activating group) is 1. The fraction of sp³-hybridized carbons (Fsp3) is 0.588. The molecule has 4 rings (SSSR count). The zero-order valence-electron chi connectivity index (χ0n) is 12.5. The van der Waals surface area contributed by atoms with Crippen molar-refractivity contribution in [1.29, 1.82) is 0 Å². The van der Waals surface area contributed by atoms with Gasteiger partial charge in [0.1, 0.15) is 11.6 Å². The van der Waals surface area contributed by atoms with E-state index >= 15 is 0 Å². The van der Waals surface area contributed by atoms with Gasteiger partial charge in [0.05, 0.1) is 11.0 Å². The standard InChI is InChI=1S/C17H22FN3/c1-21(11-12-10-17(12)6-2-7-17)8-5-16-19-14-4-3-13(18)9-15(14)20-16/h3-4,9,12H,2,5-8,10-11H2,1H3,(H,19,20)/t12-/m1/s1. The van der Waals surface area contributed by atoms with E-state index in [4.69, 9.17) is 0 Å². The van der Waals surface area contributed by atoms with E-state index < -0.39 is 0 Å². The van der Waals surface area contributed by atoms with Gasteiger partial charge in [0.15, 0.2) is 0 Å². The molecule has 2 fully saturated rings. The SMILES string of the molecule is CN(CCc1nc2ccc(F)cc2[nH]1)C[C@H]1CC12CCC2. The van der Waals surface area contributed by atoms with E-state index in [0.717, 1.165) is 41.2 Å². The molecular formula is C17H22FN3. The highest BCUT2D eigenvalue weighted by Crippen LogP contribution is 2.65. The maximum Gasteiger partial charge on any atom is 0.125 e. The minimum absolute atomic E-state index is 0.214. The number of nitrogens with zero attached hydrogens (tertiary/aromatic N) is 2. The van der Waals surface area contributed by atoms with Crippen LogP contribution in [0, 0.1) is 17.2 Å². The van der Waals surface area contributed by atoms with Gasteiger partial charge in [0.25, 0.3) is 0 Å². The number of imidazole rings is 1. The van der Waals surface area contributed by atoms with E-state index in [1.54, 1.807) is 6.07 Å². The number of rotatable bonds is 5. The normalized spacial score (nSPS) is 22.9. The molecule has 21 heavy (non-hydrogen) atoms. The van der Waals surface area contributed by atoms with Gasteiger partial charge in [-0.3, -0.25) is 0 Å². The van der Waals surface area contributed by atoms with Gasteiger partial charge in [-0.05, 0) is 55.8 Å². The van der Waals surface area contributed by atoms with Gasteiger partial charge < -0.3 is 9.88 Å². The summed E-state index contributed by atoms with van der Waals surface area (Å²) in [6, 6.07) is 4.71. The van der Waals surface area contributed by atoms with Gasteiger partial charge in [-0.15, -0.1) is 0 Å². The molecule has 2 aromatic rings. The zero-order chi connectivity index (χ0) is 14.4. The highest BCUT2D eigenvalue weighted by Gasteiger charge is 2.57. The molecule has 0 bridgehead atoms. The van der Waals surface area contributed by atoms with E-state index in [0.29, 0.717) is 0 Å². The summed E-state index contributed by atoms with van der Waals surface area (Å²) in [5.41, 5.74) is 2.40. The topological polar surface area (TPSA) is 31.9 Å². The fourth-order valence-corrected chi connectivity index (χ4v) is 3.85. The van der Waals surface area contributed by atoms with Gasteiger partial charge in [-0.1, -0.05) is 6.42 Å². The Labute approximate surface area is 124 Å². The van der Waals surface area contributed by atoms with Crippen molar-refractivity contribution in [3.63, 3.8) is 0 Å². The van der Waals surface area contributed by atoms with E-state index in [-0.39, 0.29) is 5.82 Å². The summed E-state index contributed by atoms with van der Waals surface area (Å²) in [5.74, 6) is 1.67. The molecule has 0 unspecified atom stereocenters. The van der Waals surface area contributed by atoms with Crippen LogP contribution in [0.1, 0.15) is 31.5 Å². The maximum absolute atomic E-state index is 13.2. The third kappa shape index (κ3) is 2.46. The molecule has 3 nitrogen and oxygen atoms in total. The van der Waals surface area contributed by atoms with Crippen LogP contribution < -0.4 is 0 Å². The summed E-state index contributed by atoms with van der Waals surface area (Å²) in [6.07, 6.45) is 6.70. The first-order chi connectivity index (χ1) is 10.1. The molecule has 0 amide bonds. The number of H-pyrrole nitrogens is 1. The van der Waals surface area contributed by atoms with Crippen LogP contribution in [0.15, 0.2) is 18.2 Å². The second kappa shape index (κ2) is 4.80. The van der Waals surface area contributed by atoms with E-state index in [1.165, 1.54) is 44.4 Å². The first-order valence-electron chi connectivity index (χ1n) is 7.97. The lowest BCUT2D eigenvalue weighted by molar-refractivity contribution is 0.223. The van der Waals surface area contributed by atoms with E-state index in [9.17, 15) is 4.39 Å². The Balaban J connectivity index is 1.32. The predicted molar refractivity (Wildman–Crippen MR) is 81.6 cm³/mol. The average Bonchev–Trinajstić information content (AvgIpc) is 3.00. The predicted octanol–water partition coefficient (Wildman–Crippen LogP) is 3.37. The molecular weight excluding hydrogens is 265 g/mol. The van der Waals surface area contributed by atoms with Crippen LogP contribution in [-0.4, -0.2) is 35.0 Å². The van der Waals surface area contributed by atoms with Gasteiger partial charge in [-0.2, -0.15) is 0 Å². The zero-order valence-corrected chi connectivity index (χ0v) is 12.5. The minimum atomic E-state index is -0.214. The number of fused-ring (bicyclic) bond motifs is 1. The monoisotopic (exact) mass is 287 g/mol. The van der Waals surface area contributed by atoms with Crippen LogP contribution in [0.25, 0.3) is 11.0 Å². The van der Waals surface area contributed by atoms with Crippen LogP contribution in [0.2, 0.25) is 0 Å². The third-order valence-corrected chi connectivity index (χ3v) is 5.46. The van der Waals surface area contributed by atoms with Crippen molar-refractivity contribution in [3.8, 4) is 0 Å². The lowest BCUT2D eigenvalue weighted by Crippen LogP contribution is -2.27. The van der Waals surface area contributed by atoms with Crippen molar-refractivity contribution in [3.05, 3.63) is 29.8 Å². The van der Waals surface area contributed by atoms with Gasteiger partial charge >= 0.3 is 0 Å². The minimum Gasteiger partial charge on any atom is -0.342 e. The first kappa shape index (κ1) is 13.3. The molecule has 1 atom stereocenters. The number of halogens is 1. The molecule has 2 aliphatic carbocycles. The second-order valence-corrected chi connectivity index (χ2v) is 6.97. The van der Waals surface area contributed by atoms with Crippen LogP contribution in [0.3, 0.4) is 0 Å². The Kier molecular flexibility index (Phi) is 3.03. The molecule has 2 aliphatic rings. The Morgan fingerprint density at radius 1 is 1.43 bits per heavy atom. The van der Waals surface area contributed by atoms with Crippen LogP contribution >= 0.6 is 0 Å². The van der Waals surface area contributed by atoms with Crippen LogP contribution in [-0.2, 0) is 6.42 Å². The van der Waals surface area contributed by atoms with Crippen molar-refractivity contribution in [2.45, 2.75) is 32.1 Å². The molecule has 112 valence electrons. The highest BCUT2D eigenvalue weighted by molar-refractivity contribution is 5.74. The van der Waals surface area contributed by atoms with Gasteiger partial charge in [0.2, 0.25) is 0 Å². The Bertz CT molecular complexity index is 659. The van der Waals surface area contributed by atoms with Crippen molar-refractivity contribution >= 4 is 11.0 Å².